The van der Waals surface area contributed by atoms with Gasteiger partial charge < -0.3 is 10.2 Å². The first-order valence-electron chi connectivity index (χ1n) is 8.50. The summed E-state index contributed by atoms with van der Waals surface area (Å²) in [5.74, 6) is -0.863. The minimum Gasteiger partial charge on any atom is -0.353 e. The SMILES string of the molecule is O=C(CN1CCN(c2ncnc3sccc23)CC1)Nc1ccc(F)cc1F. The molecule has 1 aliphatic heterocycles. The normalized spacial score (nSPS) is 15.3. The van der Waals surface area contributed by atoms with E-state index < -0.39 is 11.6 Å². The number of piperazine rings is 1. The first kappa shape index (κ1) is 17.7. The van der Waals surface area contributed by atoms with Gasteiger partial charge in [-0.15, -0.1) is 11.3 Å². The lowest BCUT2D eigenvalue weighted by atomic mass is 10.2. The molecule has 140 valence electrons. The van der Waals surface area contributed by atoms with E-state index in [-0.39, 0.29) is 18.1 Å². The van der Waals surface area contributed by atoms with Gasteiger partial charge in [-0.25, -0.2) is 18.7 Å². The van der Waals surface area contributed by atoms with Gasteiger partial charge in [-0.3, -0.25) is 9.69 Å². The quantitative estimate of drug-likeness (QED) is 0.744. The maximum absolute atomic E-state index is 13.6. The molecule has 0 saturated carbocycles. The van der Waals surface area contributed by atoms with Crippen LogP contribution in [0.15, 0.2) is 36.0 Å². The van der Waals surface area contributed by atoms with E-state index in [1.54, 1.807) is 17.7 Å². The number of benzene rings is 1. The highest BCUT2D eigenvalue weighted by Gasteiger charge is 2.22. The van der Waals surface area contributed by atoms with Gasteiger partial charge in [0.1, 0.15) is 28.6 Å². The summed E-state index contributed by atoms with van der Waals surface area (Å²) in [5.41, 5.74) is -0.0131. The molecule has 1 aromatic carbocycles. The zero-order valence-electron chi connectivity index (χ0n) is 14.4. The number of hydrogen-bond donors (Lipinski definition) is 1. The number of hydrogen-bond acceptors (Lipinski definition) is 6. The average Bonchev–Trinajstić information content (AvgIpc) is 3.13. The number of carbonyl (C=O) groups excluding carboxylic acids is 1. The number of anilines is 2. The first-order valence-corrected chi connectivity index (χ1v) is 9.38. The molecule has 6 nitrogen and oxygen atoms in total. The highest BCUT2D eigenvalue weighted by molar-refractivity contribution is 7.16. The predicted molar refractivity (Wildman–Crippen MR) is 101 cm³/mol. The standard InChI is InChI=1S/C18H17F2N5OS/c19-12-1-2-15(14(20)9-12)23-16(26)10-24-4-6-25(7-5-24)17-13-3-8-27-18(13)22-11-21-17/h1-3,8-9,11H,4-7,10H2,(H,23,26). The van der Waals surface area contributed by atoms with Crippen molar-refractivity contribution >= 4 is 39.0 Å². The third-order valence-electron chi connectivity index (χ3n) is 4.48. The minimum absolute atomic E-state index is 0.0131. The summed E-state index contributed by atoms with van der Waals surface area (Å²) in [6, 6.07) is 5.11. The number of rotatable bonds is 4. The van der Waals surface area contributed by atoms with Crippen molar-refractivity contribution in [1.82, 2.24) is 14.9 Å². The Labute approximate surface area is 158 Å². The van der Waals surface area contributed by atoms with Crippen molar-refractivity contribution in [2.24, 2.45) is 0 Å². The Morgan fingerprint density at radius 1 is 1.15 bits per heavy atom. The third kappa shape index (κ3) is 3.88. The van der Waals surface area contributed by atoms with E-state index in [1.165, 1.54) is 6.07 Å². The molecule has 0 spiro atoms. The molecule has 9 heteroatoms. The maximum atomic E-state index is 13.6. The van der Waals surface area contributed by atoms with E-state index >= 15 is 0 Å². The van der Waals surface area contributed by atoms with E-state index in [0.717, 1.165) is 41.3 Å². The Kier molecular flexibility index (Phi) is 4.95. The number of aromatic nitrogens is 2. The summed E-state index contributed by atoms with van der Waals surface area (Å²) < 4.78 is 26.6. The van der Waals surface area contributed by atoms with Crippen LogP contribution < -0.4 is 10.2 Å². The molecule has 0 unspecified atom stereocenters. The summed E-state index contributed by atoms with van der Waals surface area (Å²) in [7, 11) is 0. The molecule has 0 aliphatic carbocycles. The zero-order valence-corrected chi connectivity index (χ0v) is 15.2. The molecule has 0 radical (unpaired) electrons. The van der Waals surface area contributed by atoms with Crippen LogP contribution in [-0.4, -0.2) is 53.5 Å². The lowest BCUT2D eigenvalue weighted by Gasteiger charge is -2.35. The average molecular weight is 389 g/mol. The van der Waals surface area contributed by atoms with Crippen LogP contribution in [-0.2, 0) is 4.79 Å². The van der Waals surface area contributed by atoms with Crippen molar-refractivity contribution in [1.29, 1.82) is 0 Å². The number of thiophene rings is 1. The summed E-state index contributed by atoms with van der Waals surface area (Å²) in [4.78, 5) is 26.0. The largest absolute Gasteiger partial charge is 0.353 e. The maximum Gasteiger partial charge on any atom is 0.238 e. The molecule has 1 N–H and O–H groups in total. The van der Waals surface area contributed by atoms with Gasteiger partial charge in [0.2, 0.25) is 5.91 Å². The first-order chi connectivity index (χ1) is 13.1. The lowest BCUT2D eigenvalue weighted by Crippen LogP contribution is -2.49. The number of amides is 1. The molecule has 1 amide bonds. The summed E-state index contributed by atoms with van der Waals surface area (Å²) >= 11 is 1.58. The van der Waals surface area contributed by atoms with Gasteiger partial charge in [0.05, 0.1) is 17.6 Å². The van der Waals surface area contributed by atoms with E-state index in [2.05, 4.69) is 20.2 Å². The minimum atomic E-state index is -0.781. The van der Waals surface area contributed by atoms with Crippen molar-refractivity contribution in [2.45, 2.75) is 0 Å². The Hall–Kier alpha value is -2.65. The van der Waals surface area contributed by atoms with Crippen molar-refractivity contribution < 1.29 is 13.6 Å². The number of nitrogens with zero attached hydrogens (tertiary/aromatic N) is 4. The molecule has 3 aromatic rings. The van der Waals surface area contributed by atoms with Crippen molar-refractivity contribution in [3.63, 3.8) is 0 Å². The highest BCUT2D eigenvalue weighted by Crippen LogP contribution is 2.27. The number of halogens is 2. The van der Waals surface area contributed by atoms with Crippen molar-refractivity contribution in [3.8, 4) is 0 Å². The van der Waals surface area contributed by atoms with E-state index in [9.17, 15) is 13.6 Å². The topological polar surface area (TPSA) is 61.4 Å². The molecule has 1 aliphatic rings. The van der Waals surface area contributed by atoms with Gasteiger partial charge >= 0.3 is 0 Å². The molecular weight excluding hydrogens is 372 g/mol. The summed E-state index contributed by atoms with van der Waals surface area (Å²) in [6.45, 7) is 3.01. The van der Waals surface area contributed by atoms with Crippen LogP contribution in [0.2, 0.25) is 0 Å². The second-order valence-electron chi connectivity index (χ2n) is 6.27. The molecule has 2 aromatic heterocycles. The van der Waals surface area contributed by atoms with E-state index in [4.69, 9.17) is 0 Å². The Bertz CT molecular complexity index is 971. The number of nitrogens with one attached hydrogen (secondary N) is 1. The summed E-state index contributed by atoms with van der Waals surface area (Å²) in [6.07, 6.45) is 1.57. The zero-order chi connectivity index (χ0) is 18.8. The fourth-order valence-electron chi connectivity index (χ4n) is 3.13. The molecule has 1 fully saturated rings. The van der Waals surface area contributed by atoms with Crippen LogP contribution in [0.4, 0.5) is 20.3 Å². The van der Waals surface area contributed by atoms with Crippen LogP contribution in [0.25, 0.3) is 10.2 Å². The van der Waals surface area contributed by atoms with E-state index in [0.29, 0.717) is 13.1 Å². The smallest absolute Gasteiger partial charge is 0.238 e. The third-order valence-corrected chi connectivity index (χ3v) is 5.31. The highest BCUT2D eigenvalue weighted by atomic mass is 32.1. The molecule has 1 saturated heterocycles. The number of fused-ring (bicyclic) bond motifs is 1. The fourth-order valence-corrected chi connectivity index (χ4v) is 3.86. The van der Waals surface area contributed by atoms with Crippen LogP contribution in [0, 0.1) is 11.6 Å². The number of carbonyl (C=O) groups is 1. The van der Waals surface area contributed by atoms with Gasteiger partial charge in [0.25, 0.3) is 0 Å². The van der Waals surface area contributed by atoms with Crippen molar-refractivity contribution in [3.05, 3.63) is 47.6 Å². The Morgan fingerprint density at radius 2 is 1.96 bits per heavy atom. The van der Waals surface area contributed by atoms with Crippen LogP contribution >= 0.6 is 11.3 Å². The molecular formula is C18H17F2N5OS. The molecule has 0 atom stereocenters. The lowest BCUT2D eigenvalue weighted by molar-refractivity contribution is -0.117. The summed E-state index contributed by atoms with van der Waals surface area (Å²) in [5, 5.41) is 5.53. The molecule has 27 heavy (non-hydrogen) atoms. The van der Waals surface area contributed by atoms with Crippen LogP contribution in [0.3, 0.4) is 0 Å². The fraction of sp³-hybridized carbons (Fsp3) is 0.278. The van der Waals surface area contributed by atoms with Gasteiger partial charge in [-0.1, -0.05) is 0 Å². The van der Waals surface area contributed by atoms with Crippen molar-refractivity contribution in [2.75, 3.05) is 42.9 Å². The van der Waals surface area contributed by atoms with Gasteiger partial charge in [0, 0.05) is 32.2 Å². The Morgan fingerprint density at radius 3 is 2.74 bits per heavy atom. The van der Waals surface area contributed by atoms with E-state index in [1.807, 2.05) is 16.3 Å². The molecule has 0 bridgehead atoms. The van der Waals surface area contributed by atoms with Crippen LogP contribution in [0.5, 0.6) is 0 Å². The van der Waals surface area contributed by atoms with Crippen LogP contribution in [0.1, 0.15) is 0 Å². The second-order valence-corrected chi connectivity index (χ2v) is 7.17. The molecule has 3 heterocycles. The molecule has 4 rings (SSSR count). The van der Waals surface area contributed by atoms with Gasteiger partial charge in [-0.2, -0.15) is 0 Å². The second kappa shape index (κ2) is 7.53. The van der Waals surface area contributed by atoms with Gasteiger partial charge in [-0.05, 0) is 23.6 Å². The van der Waals surface area contributed by atoms with Gasteiger partial charge in [0.15, 0.2) is 0 Å². The Balaban J connectivity index is 1.34. The predicted octanol–water partition coefficient (Wildman–Crippen LogP) is 2.73. The monoisotopic (exact) mass is 389 g/mol.